The molecule has 0 radical (unpaired) electrons. The van der Waals surface area contributed by atoms with Gasteiger partial charge in [-0.1, -0.05) is 24.3 Å². The molecule has 0 amide bonds. The molecule has 6 heteroatoms. The molecule has 1 aliphatic heterocycles. The van der Waals surface area contributed by atoms with E-state index >= 15 is 0 Å². The van der Waals surface area contributed by atoms with E-state index in [0.717, 1.165) is 29.5 Å². The van der Waals surface area contributed by atoms with Gasteiger partial charge in [-0.2, -0.15) is 0 Å². The minimum atomic E-state index is -0.00592. The Morgan fingerprint density at radius 2 is 1.89 bits per heavy atom. The summed E-state index contributed by atoms with van der Waals surface area (Å²) in [6.45, 7) is 1.54. The zero-order chi connectivity index (χ0) is 19.3. The third kappa shape index (κ3) is 3.66. The van der Waals surface area contributed by atoms with E-state index in [0.29, 0.717) is 6.61 Å². The molecule has 2 aromatic heterocycles. The first kappa shape index (κ1) is 18.7. The van der Waals surface area contributed by atoms with Crippen LogP contribution in [0.2, 0.25) is 0 Å². The predicted octanol–water partition coefficient (Wildman–Crippen LogP) is 3.88. The maximum Gasteiger partial charge on any atom is 0.170 e. The van der Waals surface area contributed by atoms with Crippen LogP contribution in [-0.4, -0.2) is 39.8 Å². The van der Waals surface area contributed by atoms with Gasteiger partial charge in [0.25, 0.3) is 0 Å². The monoisotopic (exact) mass is 392 g/mol. The number of methoxy groups -OCH3 is 1. The Balaban J connectivity index is 1.75. The van der Waals surface area contributed by atoms with Crippen LogP contribution < -0.4 is 5.32 Å². The lowest BCUT2D eigenvalue weighted by Gasteiger charge is -2.29. The molecule has 5 nitrogen and oxygen atoms in total. The minimum Gasteiger partial charge on any atom is -0.385 e. The molecule has 1 N–H and O–H groups in total. The lowest BCUT2D eigenvalue weighted by molar-refractivity contribution is 0.180. The molecule has 3 heterocycles. The van der Waals surface area contributed by atoms with Gasteiger partial charge in [0.05, 0.1) is 17.8 Å². The van der Waals surface area contributed by atoms with Crippen molar-refractivity contribution < 1.29 is 4.74 Å². The fourth-order valence-electron chi connectivity index (χ4n) is 3.81. The van der Waals surface area contributed by atoms with Gasteiger partial charge in [0.2, 0.25) is 0 Å². The maximum atomic E-state index is 5.72. The van der Waals surface area contributed by atoms with Gasteiger partial charge < -0.3 is 19.5 Å². The molecule has 0 bridgehead atoms. The lowest BCUT2D eigenvalue weighted by atomic mass is 10.0. The van der Waals surface area contributed by atoms with E-state index in [1.807, 2.05) is 24.4 Å². The Labute approximate surface area is 171 Å². The Morgan fingerprint density at radius 1 is 1.07 bits per heavy atom. The van der Waals surface area contributed by atoms with E-state index in [2.05, 4.69) is 68.4 Å². The predicted molar refractivity (Wildman–Crippen MR) is 114 cm³/mol. The standard InChI is InChI=1S/C22H24N4OS/c1-27-16-8-15-26-21(20(24-22(26)28)18-11-5-6-13-23-18)19-12-7-14-25(19)17-9-3-2-4-10-17/h2-7,9-14,20-21H,8,15-16H2,1H3,(H,24,28)/t20-,21-/m0/s1. The van der Waals surface area contributed by atoms with E-state index in [9.17, 15) is 0 Å². The van der Waals surface area contributed by atoms with Crippen molar-refractivity contribution in [3.63, 3.8) is 0 Å². The van der Waals surface area contributed by atoms with Crippen molar-refractivity contribution in [2.24, 2.45) is 0 Å². The molecule has 2 atom stereocenters. The van der Waals surface area contributed by atoms with Crippen molar-refractivity contribution in [1.29, 1.82) is 0 Å². The molecule has 1 fully saturated rings. The first-order valence-corrected chi connectivity index (χ1v) is 9.90. The Kier molecular flexibility index (Phi) is 5.69. The van der Waals surface area contributed by atoms with E-state index < -0.39 is 0 Å². The Bertz CT molecular complexity index is 913. The zero-order valence-electron chi connectivity index (χ0n) is 15.9. The van der Waals surface area contributed by atoms with E-state index in [4.69, 9.17) is 17.0 Å². The molecular formula is C22H24N4OS. The summed E-state index contributed by atoms with van der Waals surface area (Å²) in [5.74, 6) is 0. The van der Waals surface area contributed by atoms with Gasteiger partial charge in [-0.3, -0.25) is 4.98 Å². The Morgan fingerprint density at radius 3 is 2.64 bits per heavy atom. The van der Waals surface area contributed by atoms with Gasteiger partial charge in [0.15, 0.2) is 5.11 Å². The van der Waals surface area contributed by atoms with Crippen molar-refractivity contribution in [3.8, 4) is 5.69 Å². The second kappa shape index (κ2) is 8.54. The number of hydrogen-bond acceptors (Lipinski definition) is 3. The topological polar surface area (TPSA) is 42.3 Å². The fraction of sp³-hybridized carbons (Fsp3) is 0.273. The average Bonchev–Trinajstić information content (AvgIpc) is 3.34. The molecule has 1 saturated heterocycles. The van der Waals surface area contributed by atoms with E-state index in [-0.39, 0.29) is 12.1 Å². The molecule has 0 unspecified atom stereocenters. The quantitative estimate of drug-likeness (QED) is 0.488. The highest BCUT2D eigenvalue weighted by atomic mass is 32.1. The highest BCUT2D eigenvalue weighted by Crippen LogP contribution is 2.39. The van der Waals surface area contributed by atoms with E-state index in [1.54, 1.807) is 7.11 Å². The number of ether oxygens (including phenoxy) is 1. The van der Waals surface area contributed by atoms with Gasteiger partial charge in [-0.05, 0) is 55.0 Å². The summed E-state index contributed by atoms with van der Waals surface area (Å²) in [7, 11) is 1.73. The molecule has 0 aliphatic carbocycles. The van der Waals surface area contributed by atoms with Crippen LogP contribution >= 0.6 is 12.2 Å². The van der Waals surface area contributed by atoms with Crippen molar-refractivity contribution in [3.05, 3.63) is 84.4 Å². The summed E-state index contributed by atoms with van der Waals surface area (Å²) in [5, 5.41) is 4.27. The molecule has 144 valence electrons. The summed E-state index contributed by atoms with van der Waals surface area (Å²) in [6.07, 6.45) is 4.85. The van der Waals surface area contributed by atoms with Crippen LogP contribution in [0.5, 0.6) is 0 Å². The van der Waals surface area contributed by atoms with Crippen molar-refractivity contribution in [2.45, 2.75) is 18.5 Å². The summed E-state index contributed by atoms with van der Waals surface area (Å²) in [6, 6.07) is 20.7. The molecule has 1 aromatic carbocycles. The number of rotatable bonds is 7. The van der Waals surface area contributed by atoms with E-state index in [1.165, 1.54) is 5.69 Å². The van der Waals surface area contributed by atoms with Crippen LogP contribution in [0.15, 0.2) is 73.1 Å². The van der Waals surface area contributed by atoms with Crippen molar-refractivity contribution in [2.75, 3.05) is 20.3 Å². The first-order chi connectivity index (χ1) is 13.8. The number of para-hydroxylation sites is 1. The number of pyridine rings is 1. The van der Waals surface area contributed by atoms with Gasteiger partial charge in [0, 0.05) is 44.0 Å². The molecule has 28 heavy (non-hydrogen) atoms. The summed E-state index contributed by atoms with van der Waals surface area (Å²) < 4.78 is 7.50. The zero-order valence-corrected chi connectivity index (χ0v) is 16.7. The second-order valence-electron chi connectivity index (χ2n) is 6.80. The number of nitrogens with zero attached hydrogens (tertiary/aromatic N) is 3. The molecule has 4 rings (SSSR count). The van der Waals surface area contributed by atoms with Crippen LogP contribution in [0.25, 0.3) is 5.69 Å². The first-order valence-electron chi connectivity index (χ1n) is 9.49. The van der Waals surface area contributed by atoms with Crippen LogP contribution in [0.4, 0.5) is 0 Å². The number of hydrogen-bond donors (Lipinski definition) is 1. The third-order valence-corrected chi connectivity index (χ3v) is 5.42. The van der Waals surface area contributed by atoms with Crippen LogP contribution in [0.1, 0.15) is 29.9 Å². The van der Waals surface area contributed by atoms with Crippen molar-refractivity contribution >= 4 is 17.3 Å². The van der Waals surface area contributed by atoms with Crippen molar-refractivity contribution in [1.82, 2.24) is 19.8 Å². The third-order valence-electron chi connectivity index (χ3n) is 5.06. The van der Waals surface area contributed by atoms with Gasteiger partial charge >= 0.3 is 0 Å². The molecule has 0 spiro atoms. The van der Waals surface area contributed by atoms with Crippen LogP contribution in [-0.2, 0) is 4.74 Å². The lowest BCUT2D eigenvalue weighted by Crippen LogP contribution is -2.32. The van der Waals surface area contributed by atoms with Crippen LogP contribution in [0, 0.1) is 0 Å². The fourth-order valence-corrected chi connectivity index (χ4v) is 4.14. The summed E-state index contributed by atoms with van der Waals surface area (Å²) in [4.78, 5) is 6.87. The maximum absolute atomic E-state index is 5.72. The summed E-state index contributed by atoms with van der Waals surface area (Å²) in [5.41, 5.74) is 3.31. The highest BCUT2D eigenvalue weighted by molar-refractivity contribution is 7.80. The Hall–Kier alpha value is -2.70. The molecule has 0 saturated carbocycles. The minimum absolute atomic E-state index is 0.00592. The summed E-state index contributed by atoms with van der Waals surface area (Å²) >= 11 is 5.72. The second-order valence-corrected chi connectivity index (χ2v) is 7.19. The number of nitrogens with one attached hydrogen (secondary N) is 1. The largest absolute Gasteiger partial charge is 0.385 e. The van der Waals surface area contributed by atoms with Gasteiger partial charge in [0.1, 0.15) is 0 Å². The normalized spacial score (nSPS) is 19.0. The SMILES string of the molecule is COCCCN1C(=S)N[C@@H](c2ccccn2)[C@@H]1c1cccn1-c1ccccc1. The number of benzene rings is 1. The number of thiocarbonyl (C=S) groups is 1. The number of aromatic nitrogens is 2. The molecule has 3 aromatic rings. The highest BCUT2D eigenvalue weighted by Gasteiger charge is 2.40. The smallest absolute Gasteiger partial charge is 0.170 e. The van der Waals surface area contributed by atoms with Gasteiger partial charge in [-0.25, -0.2) is 0 Å². The molecular weight excluding hydrogens is 368 g/mol. The van der Waals surface area contributed by atoms with Gasteiger partial charge in [-0.15, -0.1) is 0 Å². The average molecular weight is 393 g/mol. The molecule has 1 aliphatic rings. The van der Waals surface area contributed by atoms with Crippen LogP contribution in [0.3, 0.4) is 0 Å².